The Bertz CT molecular complexity index is 994. The fraction of sp³-hybridized carbons (Fsp3) is 0.143. The van der Waals surface area contributed by atoms with E-state index in [9.17, 15) is 4.79 Å². The van der Waals surface area contributed by atoms with Crippen LogP contribution in [0.1, 0.15) is 22.5 Å². The molecule has 1 heterocycles. The second kappa shape index (κ2) is 8.42. The van der Waals surface area contributed by atoms with Crippen molar-refractivity contribution in [1.82, 2.24) is 9.99 Å². The molecule has 0 aliphatic carbocycles. The molecular formula is C21H19Cl2N3O. The van der Waals surface area contributed by atoms with Crippen LogP contribution in [0.25, 0.3) is 5.69 Å². The third-order valence-corrected chi connectivity index (χ3v) is 4.76. The maximum Gasteiger partial charge on any atom is 0.244 e. The van der Waals surface area contributed by atoms with Gasteiger partial charge in [-0.1, -0.05) is 53.5 Å². The van der Waals surface area contributed by atoms with Gasteiger partial charge in [0.25, 0.3) is 0 Å². The number of benzene rings is 2. The summed E-state index contributed by atoms with van der Waals surface area (Å²) in [5.74, 6) is -0.160. The Hall–Kier alpha value is -2.56. The van der Waals surface area contributed by atoms with E-state index in [0.717, 1.165) is 28.2 Å². The fourth-order valence-corrected chi connectivity index (χ4v) is 3.44. The molecule has 0 bridgehead atoms. The van der Waals surface area contributed by atoms with Crippen LogP contribution >= 0.6 is 23.2 Å². The zero-order valence-corrected chi connectivity index (χ0v) is 16.6. The normalized spacial score (nSPS) is 11.1. The molecule has 0 fully saturated rings. The first kappa shape index (κ1) is 19.2. The number of amides is 1. The molecule has 1 aromatic heterocycles. The molecule has 0 spiro atoms. The Morgan fingerprint density at radius 3 is 2.56 bits per heavy atom. The number of hydrazone groups is 1. The van der Waals surface area contributed by atoms with Crippen LogP contribution in [0.2, 0.25) is 10.0 Å². The monoisotopic (exact) mass is 399 g/mol. The first-order valence-electron chi connectivity index (χ1n) is 8.46. The van der Waals surface area contributed by atoms with E-state index in [0.29, 0.717) is 10.0 Å². The van der Waals surface area contributed by atoms with Gasteiger partial charge in [-0.15, -0.1) is 0 Å². The Kier molecular flexibility index (Phi) is 5.99. The first-order chi connectivity index (χ1) is 13.0. The molecule has 3 rings (SSSR count). The summed E-state index contributed by atoms with van der Waals surface area (Å²) < 4.78 is 2.03. The lowest BCUT2D eigenvalue weighted by atomic mass is 10.1. The maximum absolute atomic E-state index is 12.0. The number of nitrogens with zero attached hydrogens (tertiary/aromatic N) is 2. The van der Waals surface area contributed by atoms with E-state index >= 15 is 0 Å². The number of carbonyl (C=O) groups excluding carboxylic acids is 1. The number of halogens is 2. The molecule has 0 aliphatic rings. The van der Waals surface area contributed by atoms with Crippen LogP contribution in [-0.2, 0) is 11.2 Å². The number of aryl methyl sites for hydroxylation is 1. The van der Waals surface area contributed by atoms with Crippen molar-refractivity contribution < 1.29 is 4.79 Å². The molecule has 0 saturated heterocycles. The van der Waals surface area contributed by atoms with Crippen LogP contribution in [0.15, 0.2) is 59.7 Å². The first-order valence-corrected chi connectivity index (χ1v) is 9.21. The third kappa shape index (κ3) is 4.59. The van der Waals surface area contributed by atoms with Crippen molar-refractivity contribution in [3.05, 3.63) is 87.2 Å². The van der Waals surface area contributed by atoms with Crippen molar-refractivity contribution >= 4 is 35.3 Å². The predicted octanol–water partition coefficient (Wildman–Crippen LogP) is 5.09. The van der Waals surface area contributed by atoms with Gasteiger partial charge in [0.15, 0.2) is 0 Å². The van der Waals surface area contributed by atoms with Crippen LogP contribution in [0.3, 0.4) is 0 Å². The summed E-state index contributed by atoms with van der Waals surface area (Å²) in [6.07, 6.45) is 1.93. The fourth-order valence-electron chi connectivity index (χ4n) is 2.95. The molecule has 0 atom stereocenters. The lowest BCUT2D eigenvalue weighted by molar-refractivity contribution is -0.120. The summed E-state index contributed by atoms with van der Waals surface area (Å²) in [7, 11) is 0. The topological polar surface area (TPSA) is 46.4 Å². The average molecular weight is 400 g/mol. The van der Waals surface area contributed by atoms with Crippen LogP contribution in [-0.4, -0.2) is 16.7 Å². The zero-order valence-electron chi connectivity index (χ0n) is 15.0. The number of aromatic nitrogens is 1. The van der Waals surface area contributed by atoms with E-state index < -0.39 is 0 Å². The smallest absolute Gasteiger partial charge is 0.244 e. The van der Waals surface area contributed by atoms with Crippen molar-refractivity contribution in [1.29, 1.82) is 0 Å². The van der Waals surface area contributed by atoms with E-state index in [1.54, 1.807) is 18.3 Å². The minimum atomic E-state index is -0.160. The minimum absolute atomic E-state index is 0.160. The molecule has 138 valence electrons. The molecular weight excluding hydrogens is 381 g/mol. The van der Waals surface area contributed by atoms with Crippen LogP contribution in [0.5, 0.6) is 0 Å². The van der Waals surface area contributed by atoms with Crippen LogP contribution in [0.4, 0.5) is 0 Å². The van der Waals surface area contributed by atoms with Crippen molar-refractivity contribution in [3.63, 3.8) is 0 Å². The van der Waals surface area contributed by atoms with E-state index in [-0.39, 0.29) is 12.3 Å². The summed E-state index contributed by atoms with van der Waals surface area (Å²) in [4.78, 5) is 12.0. The molecule has 0 radical (unpaired) electrons. The van der Waals surface area contributed by atoms with E-state index in [2.05, 4.69) is 10.5 Å². The van der Waals surface area contributed by atoms with Crippen molar-refractivity contribution in [2.24, 2.45) is 5.10 Å². The Morgan fingerprint density at radius 2 is 1.85 bits per heavy atom. The summed E-state index contributed by atoms with van der Waals surface area (Å²) in [6, 6.07) is 16.9. The molecule has 27 heavy (non-hydrogen) atoms. The Balaban J connectivity index is 1.74. The molecule has 4 nitrogen and oxygen atoms in total. The van der Waals surface area contributed by atoms with Gasteiger partial charge in [-0.25, -0.2) is 5.43 Å². The molecule has 3 aromatic rings. The molecule has 2 aromatic carbocycles. The molecule has 0 aliphatic heterocycles. The van der Waals surface area contributed by atoms with E-state index in [1.165, 1.54) is 0 Å². The highest BCUT2D eigenvalue weighted by Crippen LogP contribution is 2.28. The number of nitrogens with one attached hydrogen (secondary N) is 1. The van der Waals surface area contributed by atoms with Crippen molar-refractivity contribution in [2.75, 3.05) is 0 Å². The largest absolute Gasteiger partial charge is 0.316 e. The second-order valence-electron chi connectivity index (χ2n) is 6.21. The van der Waals surface area contributed by atoms with Gasteiger partial charge in [0.2, 0.25) is 5.91 Å². The van der Waals surface area contributed by atoms with Gasteiger partial charge in [0.1, 0.15) is 0 Å². The highest BCUT2D eigenvalue weighted by Gasteiger charge is 2.12. The highest BCUT2D eigenvalue weighted by atomic mass is 35.5. The Labute approximate surface area is 168 Å². The van der Waals surface area contributed by atoms with Crippen molar-refractivity contribution in [3.8, 4) is 5.69 Å². The SMILES string of the molecule is Cc1cc(/C=N/NC(=O)Cc2ccccc2)c(C)n1-c1ccc(Cl)cc1Cl. The number of hydrogen-bond donors (Lipinski definition) is 1. The Morgan fingerprint density at radius 1 is 1.11 bits per heavy atom. The summed E-state index contributed by atoms with van der Waals surface area (Å²) >= 11 is 12.3. The molecule has 1 amide bonds. The quantitative estimate of drug-likeness (QED) is 0.471. The van der Waals surface area contributed by atoms with Gasteiger partial charge in [-0.2, -0.15) is 5.10 Å². The maximum atomic E-state index is 12.0. The van der Waals surface area contributed by atoms with Gasteiger partial charge in [-0.3, -0.25) is 4.79 Å². The van der Waals surface area contributed by atoms with Gasteiger partial charge >= 0.3 is 0 Å². The van der Waals surface area contributed by atoms with E-state index in [1.807, 2.05) is 60.9 Å². The summed E-state index contributed by atoms with van der Waals surface area (Å²) in [5, 5.41) is 5.26. The van der Waals surface area contributed by atoms with Crippen molar-refractivity contribution in [2.45, 2.75) is 20.3 Å². The number of hydrogen-bond acceptors (Lipinski definition) is 2. The second-order valence-corrected chi connectivity index (χ2v) is 7.06. The van der Waals surface area contributed by atoms with Gasteiger partial charge in [-0.05, 0) is 43.7 Å². The van der Waals surface area contributed by atoms with E-state index in [4.69, 9.17) is 23.2 Å². The van der Waals surface area contributed by atoms with Gasteiger partial charge in [0.05, 0.1) is 23.3 Å². The highest BCUT2D eigenvalue weighted by molar-refractivity contribution is 6.35. The third-order valence-electron chi connectivity index (χ3n) is 4.22. The lowest BCUT2D eigenvalue weighted by Gasteiger charge is -2.11. The predicted molar refractivity (Wildman–Crippen MR) is 111 cm³/mol. The van der Waals surface area contributed by atoms with Crippen LogP contribution < -0.4 is 5.43 Å². The number of rotatable bonds is 5. The standard InChI is InChI=1S/C21H19Cl2N3O/c1-14-10-17(13-24-25-21(27)11-16-6-4-3-5-7-16)15(2)26(14)20-9-8-18(22)12-19(20)23/h3-10,12-13H,11H2,1-2H3,(H,25,27)/b24-13+. The van der Waals surface area contributed by atoms with Gasteiger partial charge in [0, 0.05) is 22.0 Å². The molecule has 1 N–H and O–H groups in total. The molecule has 0 unspecified atom stereocenters. The van der Waals surface area contributed by atoms with Crippen LogP contribution in [0, 0.1) is 13.8 Å². The molecule has 0 saturated carbocycles. The number of carbonyl (C=O) groups is 1. The summed E-state index contributed by atoms with van der Waals surface area (Å²) in [5.41, 5.74) is 7.25. The average Bonchev–Trinajstić information content (AvgIpc) is 2.90. The van der Waals surface area contributed by atoms with Gasteiger partial charge < -0.3 is 4.57 Å². The minimum Gasteiger partial charge on any atom is -0.316 e. The summed E-state index contributed by atoms with van der Waals surface area (Å²) in [6.45, 7) is 3.97. The zero-order chi connectivity index (χ0) is 19.4. The lowest BCUT2D eigenvalue weighted by Crippen LogP contribution is -2.19. The molecule has 6 heteroatoms.